The van der Waals surface area contributed by atoms with Crippen molar-refractivity contribution in [2.75, 3.05) is 5.73 Å². The Kier molecular flexibility index (Phi) is 3.52. The van der Waals surface area contributed by atoms with Crippen molar-refractivity contribution in [3.05, 3.63) is 33.9 Å². The second kappa shape index (κ2) is 5.15. The SMILES string of the molecule is CC1CC(Cn2nc(-c3cccc(I)c3)cc2N)C1. The van der Waals surface area contributed by atoms with Crippen LogP contribution < -0.4 is 5.73 Å². The van der Waals surface area contributed by atoms with Gasteiger partial charge in [0.25, 0.3) is 0 Å². The summed E-state index contributed by atoms with van der Waals surface area (Å²) in [5.74, 6) is 2.39. The molecule has 0 amide bonds. The van der Waals surface area contributed by atoms with E-state index >= 15 is 0 Å². The highest BCUT2D eigenvalue weighted by atomic mass is 127. The Balaban J connectivity index is 1.81. The Morgan fingerprint density at radius 1 is 1.37 bits per heavy atom. The molecule has 3 rings (SSSR count). The van der Waals surface area contributed by atoms with Gasteiger partial charge in [0, 0.05) is 21.7 Å². The smallest absolute Gasteiger partial charge is 0.122 e. The second-order valence-electron chi connectivity index (χ2n) is 5.59. The van der Waals surface area contributed by atoms with Gasteiger partial charge in [-0.2, -0.15) is 5.10 Å². The van der Waals surface area contributed by atoms with Crippen molar-refractivity contribution in [2.24, 2.45) is 11.8 Å². The summed E-state index contributed by atoms with van der Waals surface area (Å²) in [5, 5.41) is 4.66. The minimum absolute atomic E-state index is 0.751. The molecule has 0 bridgehead atoms. The Hall–Kier alpha value is -1.04. The van der Waals surface area contributed by atoms with E-state index in [0.717, 1.165) is 35.5 Å². The van der Waals surface area contributed by atoms with Gasteiger partial charge in [0.05, 0.1) is 5.69 Å². The number of anilines is 1. The lowest BCUT2D eigenvalue weighted by atomic mass is 9.76. The van der Waals surface area contributed by atoms with Crippen molar-refractivity contribution in [1.29, 1.82) is 0 Å². The van der Waals surface area contributed by atoms with Crippen molar-refractivity contribution >= 4 is 28.4 Å². The largest absolute Gasteiger partial charge is 0.384 e. The summed E-state index contributed by atoms with van der Waals surface area (Å²) in [6.07, 6.45) is 2.61. The maximum absolute atomic E-state index is 6.08. The summed E-state index contributed by atoms with van der Waals surface area (Å²) in [5.41, 5.74) is 8.19. The first-order valence-corrected chi connectivity index (χ1v) is 7.79. The number of benzene rings is 1. The molecule has 0 unspecified atom stereocenters. The third-order valence-corrected chi connectivity index (χ3v) is 4.51. The highest BCUT2D eigenvalue weighted by Gasteiger charge is 2.26. The van der Waals surface area contributed by atoms with Crippen LogP contribution in [0.25, 0.3) is 11.3 Å². The Morgan fingerprint density at radius 2 is 2.16 bits per heavy atom. The summed E-state index contributed by atoms with van der Waals surface area (Å²) >= 11 is 2.32. The lowest BCUT2D eigenvalue weighted by Gasteiger charge is -2.32. The molecular formula is C15H18IN3. The molecule has 0 atom stereocenters. The van der Waals surface area contributed by atoms with Crippen LogP contribution >= 0.6 is 22.6 Å². The van der Waals surface area contributed by atoms with E-state index in [1.165, 1.54) is 16.4 Å². The van der Waals surface area contributed by atoms with Crippen LogP contribution in [-0.2, 0) is 6.54 Å². The summed E-state index contributed by atoms with van der Waals surface area (Å²) in [7, 11) is 0. The van der Waals surface area contributed by atoms with Crippen LogP contribution in [0.15, 0.2) is 30.3 Å². The summed E-state index contributed by atoms with van der Waals surface area (Å²) < 4.78 is 3.18. The van der Waals surface area contributed by atoms with Gasteiger partial charge in [-0.05, 0) is 59.4 Å². The van der Waals surface area contributed by atoms with Crippen molar-refractivity contribution in [3.63, 3.8) is 0 Å². The number of nitrogens with two attached hydrogens (primary N) is 1. The van der Waals surface area contributed by atoms with Crippen LogP contribution in [-0.4, -0.2) is 9.78 Å². The molecule has 1 fully saturated rings. The second-order valence-corrected chi connectivity index (χ2v) is 6.84. The number of hydrogen-bond acceptors (Lipinski definition) is 2. The normalized spacial score (nSPS) is 22.2. The molecule has 1 saturated carbocycles. The molecule has 19 heavy (non-hydrogen) atoms. The van der Waals surface area contributed by atoms with Crippen molar-refractivity contribution in [1.82, 2.24) is 9.78 Å². The fourth-order valence-electron chi connectivity index (χ4n) is 2.83. The van der Waals surface area contributed by atoms with Crippen LogP contribution in [0.4, 0.5) is 5.82 Å². The molecule has 0 saturated heterocycles. The maximum Gasteiger partial charge on any atom is 0.122 e. The van der Waals surface area contributed by atoms with E-state index < -0.39 is 0 Å². The molecule has 1 aliphatic carbocycles. The zero-order valence-corrected chi connectivity index (χ0v) is 13.2. The lowest BCUT2D eigenvalue weighted by molar-refractivity contribution is 0.183. The van der Waals surface area contributed by atoms with Gasteiger partial charge in [-0.25, -0.2) is 4.68 Å². The Labute approximate surface area is 127 Å². The molecule has 1 aromatic heterocycles. The van der Waals surface area contributed by atoms with Crippen LogP contribution in [0.3, 0.4) is 0 Å². The van der Waals surface area contributed by atoms with Crippen LogP contribution in [0.1, 0.15) is 19.8 Å². The van der Waals surface area contributed by atoms with E-state index in [9.17, 15) is 0 Å². The molecule has 0 spiro atoms. The average Bonchev–Trinajstić information content (AvgIpc) is 2.69. The summed E-state index contributed by atoms with van der Waals surface area (Å²) in [6.45, 7) is 3.26. The third kappa shape index (κ3) is 2.78. The van der Waals surface area contributed by atoms with E-state index in [4.69, 9.17) is 5.73 Å². The molecule has 3 nitrogen and oxygen atoms in total. The van der Waals surface area contributed by atoms with Gasteiger partial charge in [-0.3, -0.25) is 0 Å². The molecule has 1 aromatic carbocycles. The van der Waals surface area contributed by atoms with Crippen LogP contribution in [0.5, 0.6) is 0 Å². The van der Waals surface area contributed by atoms with Crippen molar-refractivity contribution in [3.8, 4) is 11.3 Å². The molecule has 0 radical (unpaired) electrons. The highest BCUT2D eigenvalue weighted by molar-refractivity contribution is 14.1. The quantitative estimate of drug-likeness (QED) is 0.839. The number of halogens is 1. The minimum atomic E-state index is 0.751. The fraction of sp³-hybridized carbons (Fsp3) is 0.400. The molecule has 1 heterocycles. The van der Waals surface area contributed by atoms with E-state index in [1.807, 2.05) is 10.7 Å². The van der Waals surface area contributed by atoms with E-state index in [-0.39, 0.29) is 0 Å². The van der Waals surface area contributed by atoms with Crippen molar-refractivity contribution in [2.45, 2.75) is 26.3 Å². The summed E-state index contributed by atoms with van der Waals surface area (Å²) in [4.78, 5) is 0. The third-order valence-electron chi connectivity index (χ3n) is 3.83. The van der Waals surface area contributed by atoms with Crippen LogP contribution in [0, 0.1) is 15.4 Å². The first kappa shape index (κ1) is 13.0. The van der Waals surface area contributed by atoms with Gasteiger partial charge < -0.3 is 5.73 Å². The molecule has 0 aliphatic heterocycles. The topological polar surface area (TPSA) is 43.8 Å². The molecule has 2 aromatic rings. The Morgan fingerprint density at radius 3 is 2.84 bits per heavy atom. The molecule has 4 heteroatoms. The van der Waals surface area contributed by atoms with E-state index in [1.54, 1.807) is 0 Å². The number of rotatable bonds is 3. The standard InChI is InChI=1S/C15H18IN3/c1-10-5-11(6-10)9-19-15(17)8-14(18-19)12-3-2-4-13(16)7-12/h2-4,7-8,10-11H,5-6,9,17H2,1H3. The monoisotopic (exact) mass is 367 g/mol. The van der Waals surface area contributed by atoms with E-state index in [0.29, 0.717) is 0 Å². The molecule has 100 valence electrons. The zero-order valence-electron chi connectivity index (χ0n) is 11.0. The lowest BCUT2D eigenvalue weighted by Crippen LogP contribution is -2.26. The molecule has 1 aliphatic rings. The Bertz CT molecular complexity index is 585. The van der Waals surface area contributed by atoms with Crippen LogP contribution in [0.2, 0.25) is 0 Å². The van der Waals surface area contributed by atoms with Gasteiger partial charge in [0.15, 0.2) is 0 Å². The van der Waals surface area contributed by atoms with Gasteiger partial charge in [-0.15, -0.1) is 0 Å². The van der Waals surface area contributed by atoms with Gasteiger partial charge in [0.1, 0.15) is 5.82 Å². The highest BCUT2D eigenvalue weighted by Crippen LogP contribution is 2.35. The number of hydrogen-bond donors (Lipinski definition) is 1. The minimum Gasteiger partial charge on any atom is -0.384 e. The first-order chi connectivity index (χ1) is 9.11. The molecule has 2 N–H and O–H groups in total. The average molecular weight is 367 g/mol. The fourth-order valence-corrected chi connectivity index (χ4v) is 3.37. The maximum atomic E-state index is 6.08. The number of nitrogens with zero attached hydrogens (tertiary/aromatic N) is 2. The molecular weight excluding hydrogens is 349 g/mol. The first-order valence-electron chi connectivity index (χ1n) is 6.71. The summed E-state index contributed by atoms with van der Waals surface area (Å²) in [6, 6.07) is 10.3. The van der Waals surface area contributed by atoms with Gasteiger partial charge in [0.2, 0.25) is 0 Å². The zero-order chi connectivity index (χ0) is 13.4. The predicted molar refractivity (Wildman–Crippen MR) is 86.7 cm³/mol. The van der Waals surface area contributed by atoms with Gasteiger partial charge >= 0.3 is 0 Å². The predicted octanol–water partition coefficient (Wildman–Crippen LogP) is 3.78. The van der Waals surface area contributed by atoms with E-state index in [2.05, 4.69) is 58.9 Å². The van der Waals surface area contributed by atoms with Crippen molar-refractivity contribution < 1.29 is 0 Å². The number of nitrogen functional groups attached to an aromatic ring is 1. The number of aromatic nitrogens is 2. The van der Waals surface area contributed by atoms with Gasteiger partial charge in [-0.1, -0.05) is 19.1 Å².